The van der Waals surface area contributed by atoms with Gasteiger partial charge in [0, 0.05) is 25.2 Å². The summed E-state index contributed by atoms with van der Waals surface area (Å²) in [6, 6.07) is 1.14. The second-order valence-electron chi connectivity index (χ2n) is 6.87. The van der Waals surface area contributed by atoms with Gasteiger partial charge in [0.05, 0.1) is 6.61 Å². The molecule has 0 radical (unpaired) electrons. The van der Waals surface area contributed by atoms with Crippen molar-refractivity contribution in [2.24, 2.45) is 5.41 Å². The highest BCUT2D eigenvalue weighted by molar-refractivity contribution is 5.68. The lowest BCUT2D eigenvalue weighted by Gasteiger charge is -2.45. The van der Waals surface area contributed by atoms with Crippen LogP contribution in [0.1, 0.15) is 46.0 Å². The van der Waals surface area contributed by atoms with E-state index in [1.807, 2.05) is 18.9 Å². The molecule has 1 aliphatic heterocycles. The van der Waals surface area contributed by atoms with E-state index in [4.69, 9.17) is 4.74 Å². The molecule has 3 N–H and O–H groups in total. The van der Waals surface area contributed by atoms with Crippen LogP contribution in [-0.2, 0) is 4.74 Å². The van der Waals surface area contributed by atoms with Crippen molar-refractivity contribution in [3.8, 4) is 0 Å². The summed E-state index contributed by atoms with van der Waals surface area (Å²) in [6.45, 7) is 7.34. The third-order valence-electron chi connectivity index (χ3n) is 4.96. The Kier molecular flexibility index (Phi) is 6.47. The molecular weight excluding hydrogens is 280 g/mol. The number of ether oxygens (including phenoxy) is 1. The van der Waals surface area contributed by atoms with E-state index in [9.17, 15) is 4.79 Å². The Balaban J connectivity index is 1.57. The Morgan fingerprint density at radius 1 is 1.45 bits per heavy atom. The zero-order valence-corrected chi connectivity index (χ0v) is 14.3. The van der Waals surface area contributed by atoms with Gasteiger partial charge in [0.15, 0.2) is 0 Å². The van der Waals surface area contributed by atoms with Gasteiger partial charge in [-0.25, -0.2) is 4.79 Å². The van der Waals surface area contributed by atoms with Crippen LogP contribution < -0.4 is 16.2 Å². The zero-order valence-electron chi connectivity index (χ0n) is 14.3. The molecule has 0 aromatic carbocycles. The quantitative estimate of drug-likeness (QED) is 0.468. The molecule has 1 saturated heterocycles. The third kappa shape index (κ3) is 4.57. The fourth-order valence-electron chi connectivity index (χ4n) is 3.80. The molecule has 128 valence electrons. The maximum Gasteiger partial charge on any atom is 0.409 e. The molecule has 1 atom stereocenters. The minimum absolute atomic E-state index is 0.137. The summed E-state index contributed by atoms with van der Waals surface area (Å²) in [5.74, 6) is 0. The summed E-state index contributed by atoms with van der Waals surface area (Å²) in [5, 5.41) is 3.65. The number of hydrogen-bond donors (Lipinski definition) is 3. The lowest BCUT2D eigenvalue weighted by Crippen LogP contribution is -2.50. The van der Waals surface area contributed by atoms with Gasteiger partial charge in [0.1, 0.15) is 0 Å². The Morgan fingerprint density at radius 3 is 2.91 bits per heavy atom. The molecule has 0 aromatic rings. The van der Waals surface area contributed by atoms with Gasteiger partial charge in [0.2, 0.25) is 0 Å². The van der Waals surface area contributed by atoms with Crippen LogP contribution in [0.4, 0.5) is 4.79 Å². The number of nitrogens with zero attached hydrogens (tertiary/aromatic N) is 1. The Labute approximate surface area is 134 Å². The van der Waals surface area contributed by atoms with Gasteiger partial charge in [-0.3, -0.25) is 10.9 Å². The van der Waals surface area contributed by atoms with Crippen LogP contribution in [0, 0.1) is 5.41 Å². The first-order valence-electron chi connectivity index (χ1n) is 8.66. The highest BCUT2D eigenvalue weighted by Gasteiger charge is 2.49. The van der Waals surface area contributed by atoms with Crippen molar-refractivity contribution in [1.29, 1.82) is 0 Å². The molecule has 0 aromatic heterocycles. The number of hydrazine groups is 1. The van der Waals surface area contributed by atoms with Crippen molar-refractivity contribution in [3.05, 3.63) is 0 Å². The molecule has 2 rings (SSSR count). The van der Waals surface area contributed by atoms with Crippen molar-refractivity contribution < 1.29 is 9.53 Å². The molecule has 2 fully saturated rings. The van der Waals surface area contributed by atoms with Crippen molar-refractivity contribution in [2.45, 2.75) is 58.0 Å². The fourth-order valence-corrected chi connectivity index (χ4v) is 3.80. The number of likely N-dealkylation sites (tertiary alicyclic amines) is 1. The zero-order chi connectivity index (χ0) is 16.0. The minimum Gasteiger partial charge on any atom is -0.450 e. The SMILES string of the molecule is CCOC(=O)N1CCC2(CC(NCCC[C@@H](C)NNC)C2)C1. The number of hydrogen-bond acceptors (Lipinski definition) is 5. The van der Waals surface area contributed by atoms with Gasteiger partial charge in [-0.1, -0.05) is 0 Å². The summed E-state index contributed by atoms with van der Waals surface area (Å²) in [4.78, 5) is 13.6. The first-order chi connectivity index (χ1) is 10.6. The van der Waals surface area contributed by atoms with E-state index in [1.165, 1.54) is 25.7 Å². The van der Waals surface area contributed by atoms with Gasteiger partial charge in [0.25, 0.3) is 0 Å². The van der Waals surface area contributed by atoms with E-state index in [0.717, 1.165) is 26.1 Å². The fraction of sp³-hybridized carbons (Fsp3) is 0.938. The number of amides is 1. The van der Waals surface area contributed by atoms with Crippen molar-refractivity contribution >= 4 is 6.09 Å². The summed E-state index contributed by atoms with van der Waals surface area (Å²) in [5.41, 5.74) is 6.55. The molecule has 22 heavy (non-hydrogen) atoms. The monoisotopic (exact) mass is 312 g/mol. The van der Waals surface area contributed by atoms with Crippen LogP contribution in [0.5, 0.6) is 0 Å². The van der Waals surface area contributed by atoms with Crippen LogP contribution in [0.3, 0.4) is 0 Å². The van der Waals surface area contributed by atoms with Crippen molar-refractivity contribution in [3.63, 3.8) is 0 Å². The first-order valence-corrected chi connectivity index (χ1v) is 8.66. The van der Waals surface area contributed by atoms with Crippen LogP contribution in [0.15, 0.2) is 0 Å². The molecule has 6 heteroatoms. The van der Waals surface area contributed by atoms with E-state index in [-0.39, 0.29) is 6.09 Å². The normalized spacial score (nSPS) is 28.7. The van der Waals surface area contributed by atoms with E-state index < -0.39 is 0 Å². The predicted molar refractivity (Wildman–Crippen MR) is 87.6 cm³/mol. The van der Waals surface area contributed by atoms with Crippen LogP contribution in [0.2, 0.25) is 0 Å². The molecule has 1 spiro atoms. The van der Waals surface area contributed by atoms with Gasteiger partial charge < -0.3 is 15.0 Å². The van der Waals surface area contributed by atoms with Crippen molar-refractivity contribution in [2.75, 3.05) is 33.3 Å². The summed E-state index contributed by atoms with van der Waals surface area (Å²) < 4.78 is 5.10. The average molecular weight is 312 g/mol. The lowest BCUT2D eigenvalue weighted by molar-refractivity contribution is 0.0765. The highest BCUT2D eigenvalue weighted by Crippen LogP contribution is 2.48. The van der Waals surface area contributed by atoms with Crippen LogP contribution in [-0.4, -0.2) is 56.4 Å². The van der Waals surface area contributed by atoms with E-state index in [2.05, 4.69) is 23.1 Å². The van der Waals surface area contributed by atoms with E-state index in [1.54, 1.807) is 0 Å². The van der Waals surface area contributed by atoms with Crippen LogP contribution in [0.25, 0.3) is 0 Å². The Morgan fingerprint density at radius 2 is 2.23 bits per heavy atom. The number of carbonyl (C=O) groups excluding carboxylic acids is 1. The maximum absolute atomic E-state index is 11.8. The molecule has 1 aliphatic carbocycles. The summed E-state index contributed by atoms with van der Waals surface area (Å²) in [6.07, 6.45) is 5.76. The standard InChI is InChI=1S/C16H32N4O2/c1-4-22-15(21)20-9-7-16(12-20)10-14(11-16)18-8-5-6-13(2)19-17-3/h13-14,17-19H,4-12H2,1-3H3/t13-,14?,16?/m1/s1. The molecule has 2 aliphatic rings. The number of carbonyl (C=O) groups is 1. The molecule has 1 saturated carbocycles. The summed E-state index contributed by atoms with van der Waals surface area (Å²) >= 11 is 0. The third-order valence-corrected chi connectivity index (χ3v) is 4.96. The average Bonchev–Trinajstić information content (AvgIpc) is 2.89. The van der Waals surface area contributed by atoms with Crippen molar-refractivity contribution in [1.82, 2.24) is 21.1 Å². The minimum atomic E-state index is -0.137. The second kappa shape index (κ2) is 8.13. The number of rotatable bonds is 8. The van der Waals surface area contributed by atoms with E-state index in [0.29, 0.717) is 24.1 Å². The van der Waals surface area contributed by atoms with Gasteiger partial charge >= 0.3 is 6.09 Å². The first kappa shape index (κ1) is 17.5. The lowest BCUT2D eigenvalue weighted by atomic mass is 9.65. The highest BCUT2D eigenvalue weighted by atomic mass is 16.6. The molecule has 0 unspecified atom stereocenters. The second-order valence-corrected chi connectivity index (χ2v) is 6.87. The molecule has 6 nitrogen and oxygen atoms in total. The summed E-state index contributed by atoms with van der Waals surface area (Å²) in [7, 11) is 1.91. The molecular formula is C16H32N4O2. The largest absolute Gasteiger partial charge is 0.450 e. The van der Waals surface area contributed by atoms with Gasteiger partial charge in [-0.05, 0) is 65.0 Å². The Bertz CT molecular complexity index is 358. The topological polar surface area (TPSA) is 65.6 Å². The van der Waals surface area contributed by atoms with Crippen LogP contribution >= 0.6 is 0 Å². The Hall–Kier alpha value is -0.850. The maximum atomic E-state index is 11.8. The molecule has 1 heterocycles. The smallest absolute Gasteiger partial charge is 0.409 e. The number of nitrogens with one attached hydrogen (secondary N) is 3. The molecule has 1 amide bonds. The van der Waals surface area contributed by atoms with Gasteiger partial charge in [-0.15, -0.1) is 0 Å². The van der Waals surface area contributed by atoms with E-state index >= 15 is 0 Å². The van der Waals surface area contributed by atoms with Gasteiger partial charge in [-0.2, -0.15) is 0 Å². The predicted octanol–water partition coefficient (Wildman–Crippen LogP) is 1.48. The molecule has 0 bridgehead atoms.